The molecule has 2 aliphatic carbocycles. The molecule has 0 aliphatic heterocycles. The van der Waals surface area contributed by atoms with Crippen molar-refractivity contribution in [3.05, 3.63) is 0 Å². The molecule has 0 radical (unpaired) electrons. The average molecular weight is 168 g/mol. The number of aliphatic hydroxyl groups excluding tert-OH is 1. The highest BCUT2D eigenvalue weighted by molar-refractivity contribution is 5.83. The zero-order valence-electron chi connectivity index (χ0n) is 7.33. The molecule has 2 rings (SSSR count). The van der Waals surface area contributed by atoms with Crippen LogP contribution in [0.25, 0.3) is 0 Å². The van der Waals surface area contributed by atoms with Gasteiger partial charge in [-0.2, -0.15) is 0 Å². The third kappa shape index (κ3) is 1.28. The molecule has 0 aromatic heterocycles. The average Bonchev–Trinajstić information content (AvgIpc) is 2.30. The van der Waals surface area contributed by atoms with E-state index >= 15 is 0 Å². The second kappa shape index (κ2) is 3.17. The molecule has 0 spiro atoms. The summed E-state index contributed by atoms with van der Waals surface area (Å²) in [6.07, 6.45) is 5.63. The van der Waals surface area contributed by atoms with E-state index in [0.29, 0.717) is 18.1 Å². The molecular formula is C10H16O2. The molecule has 0 amide bonds. The molecule has 12 heavy (non-hydrogen) atoms. The van der Waals surface area contributed by atoms with Crippen LogP contribution < -0.4 is 0 Å². The van der Waals surface area contributed by atoms with Crippen LogP contribution in [0.5, 0.6) is 0 Å². The van der Waals surface area contributed by atoms with Crippen molar-refractivity contribution in [2.75, 3.05) is 0 Å². The summed E-state index contributed by atoms with van der Waals surface area (Å²) in [7, 11) is 0. The van der Waals surface area contributed by atoms with Crippen molar-refractivity contribution in [2.45, 2.75) is 44.6 Å². The molecule has 3 unspecified atom stereocenters. The maximum absolute atomic E-state index is 11.4. The lowest BCUT2D eigenvalue weighted by Gasteiger charge is -2.19. The zero-order chi connectivity index (χ0) is 8.55. The molecule has 0 aromatic rings. The first-order valence-electron chi connectivity index (χ1n) is 5.00. The number of aliphatic hydroxyl groups is 1. The minimum atomic E-state index is -0.191. The summed E-state index contributed by atoms with van der Waals surface area (Å²) in [6.45, 7) is 0. The van der Waals surface area contributed by atoms with Crippen molar-refractivity contribution in [3.63, 3.8) is 0 Å². The number of hydrogen-bond donors (Lipinski definition) is 1. The number of carbonyl (C=O) groups is 1. The van der Waals surface area contributed by atoms with E-state index in [1.807, 2.05) is 0 Å². The molecule has 0 saturated heterocycles. The van der Waals surface area contributed by atoms with Crippen molar-refractivity contribution in [3.8, 4) is 0 Å². The maximum atomic E-state index is 11.4. The van der Waals surface area contributed by atoms with Crippen molar-refractivity contribution in [1.82, 2.24) is 0 Å². The molecular weight excluding hydrogens is 152 g/mol. The first-order valence-corrected chi connectivity index (χ1v) is 5.00. The summed E-state index contributed by atoms with van der Waals surface area (Å²) in [4.78, 5) is 11.4. The normalized spacial score (nSPS) is 42.4. The summed E-state index contributed by atoms with van der Waals surface area (Å²) >= 11 is 0. The Morgan fingerprint density at radius 3 is 2.75 bits per heavy atom. The Balaban J connectivity index is 2.12. The first-order chi connectivity index (χ1) is 5.79. The third-order valence-electron chi connectivity index (χ3n) is 3.41. The van der Waals surface area contributed by atoms with Crippen LogP contribution in [0.15, 0.2) is 0 Å². The molecule has 2 nitrogen and oxygen atoms in total. The lowest BCUT2D eigenvalue weighted by Crippen LogP contribution is -2.24. The van der Waals surface area contributed by atoms with Gasteiger partial charge < -0.3 is 5.11 Å². The van der Waals surface area contributed by atoms with Crippen molar-refractivity contribution in [2.24, 2.45) is 11.8 Å². The number of carbonyl (C=O) groups excluding carboxylic acids is 1. The molecule has 2 aliphatic rings. The van der Waals surface area contributed by atoms with E-state index in [1.165, 1.54) is 0 Å². The van der Waals surface area contributed by atoms with Gasteiger partial charge in [0.1, 0.15) is 5.78 Å². The number of Topliss-reactive ketones (excluding diaryl/α,β-unsaturated/α-hetero) is 1. The van der Waals surface area contributed by atoms with Crippen LogP contribution in [-0.2, 0) is 4.79 Å². The second-order valence-electron chi connectivity index (χ2n) is 4.13. The molecule has 0 heterocycles. The van der Waals surface area contributed by atoms with E-state index in [9.17, 15) is 9.90 Å². The highest BCUT2D eigenvalue weighted by Gasteiger charge is 2.39. The Hall–Kier alpha value is -0.370. The quantitative estimate of drug-likeness (QED) is 0.595. The smallest absolute Gasteiger partial charge is 0.136 e. The van der Waals surface area contributed by atoms with E-state index in [0.717, 1.165) is 32.1 Å². The summed E-state index contributed by atoms with van der Waals surface area (Å²) in [6, 6.07) is 0. The van der Waals surface area contributed by atoms with Gasteiger partial charge in [0.25, 0.3) is 0 Å². The van der Waals surface area contributed by atoms with Crippen molar-refractivity contribution in [1.29, 1.82) is 0 Å². The van der Waals surface area contributed by atoms with Gasteiger partial charge >= 0.3 is 0 Å². The minimum Gasteiger partial charge on any atom is -0.393 e. The van der Waals surface area contributed by atoms with Crippen molar-refractivity contribution >= 4 is 5.78 Å². The van der Waals surface area contributed by atoms with Crippen LogP contribution >= 0.6 is 0 Å². The summed E-state index contributed by atoms with van der Waals surface area (Å²) < 4.78 is 0. The van der Waals surface area contributed by atoms with Gasteiger partial charge in [-0.1, -0.05) is 12.8 Å². The number of rotatable bonds is 0. The minimum absolute atomic E-state index is 0.191. The molecule has 2 saturated carbocycles. The largest absolute Gasteiger partial charge is 0.393 e. The number of hydrogen-bond acceptors (Lipinski definition) is 2. The van der Waals surface area contributed by atoms with Gasteiger partial charge in [-0.15, -0.1) is 0 Å². The van der Waals surface area contributed by atoms with Gasteiger partial charge in [-0.25, -0.2) is 0 Å². The summed E-state index contributed by atoms with van der Waals surface area (Å²) in [5.74, 6) is 0.920. The van der Waals surface area contributed by atoms with Gasteiger partial charge in [-0.05, 0) is 25.2 Å². The fourth-order valence-electron chi connectivity index (χ4n) is 2.70. The van der Waals surface area contributed by atoms with Crippen molar-refractivity contribution < 1.29 is 9.90 Å². The van der Waals surface area contributed by atoms with E-state index in [1.54, 1.807) is 0 Å². The van der Waals surface area contributed by atoms with E-state index in [2.05, 4.69) is 0 Å². The van der Waals surface area contributed by atoms with Gasteiger partial charge in [0.05, 0.1) is 6.10 Å². The standard InChI is InChI=1S/C10H16O2/c11-9-4-2-1-3-7-8(9)5-6-10(7)12/h7-9,11H,1-6H2. The van der Waals surface area contributed by atoms with E-state index < -0.39 is 0 Å². The van der Waals surface area contributed by atoms with Crippen LogP contribution in [0.3, 0.4) is 0 Å². The number of ketones is 1. The van der Waals surface area contributed by atoms with Crippen LogP contribution in [0.2, 0.25) is 0 Å². The lowest BCUT2D eigenvalue weighted by atomic mass is 9.89. The van der Waals surface area contributed by atoms with Gasteiger partial charge in [0.15, 0.2) is 0 Å². The fourth-order valence-corrected chi connectivity index (χ4v) is 2.70. The number of fused-ring (bicyclic) bond motifs is 1. The summed E-state index contributed by atoms with van der Waals surface area (Å²) in [5.41, 5.74) is 0. The third-order valence-corrected chi connectivity index (χ3v) is 3.41. The predicted molar refractivity (Wildman–Crippen MR) is 45.7 cm³/mol. The monoisotopic (exact) mass is 168 g/mol. The molecule has 0 bridgehead atoms. The molecule has 2 heteroatoms. The first kappa shape index (κ1) is 8.24. The van der Waals surface area contributed by atoms with Crippen LogP contribution in [-0.4, -0.2) is 17.0 Å². The zero-order valence-corrected chi connectivity index (χ0v) is 7.33. The maximum Gasteiger partial charge on any atom is 0.136 e. The SMILES string of the molecule is O=C1CCC2C(O)CCCCC12. The Morgan fingerprint density at radius 1 is 1.17 bits per heavy atom. The Bertz CT molecular complexity index is 188. The van der Waals surface area contributed by atoms with Crippen LogP contribution in [0.4, 0.5) is 0 Å². The predicted octanol–water partition coefficient (Wildman–Crippen LogP) is 1.52. The van der Waals surface area contributed by atoms with Crippen LogP contribution in [0.1, 0.15) is 38.5 Å². The fraction of sp³-hybridized carbons (Fsp3) is 0.900. The topological polar surface area (TPSA) is 37.3 Å². The highest BCUT2D eigenvalue weighted by Crippen LogP contribution is 2.38. The Kier molecular flexibility index (Phi) is 2.18. The molecule has 3 atom stereocenters. The summed E-state index contributed by atoms with van der Waals surface area (Å²) in [5, 5.41) is 9.72. The van der Waals surface area contributed by atoms with Gasteiger partial charge in [0.2, 0.25) is 0 Å². The second-order valence-corrected chi connectivity index (χ2v) is 4.13. The van der Waals surface area contributed by atoms with E-state index in [-0.39, 0.29) is 12.0 Å². The van der Waals surface area contributed by atoms with E-state index in [4.69, 9.17) is 0 Å². The lowest BCUT2D eigenvalue weighted by molar-refractivity contribution is -0.122. The Labute approximate surface area is 73.0 Å². The Morgan fingerprint density at radius 2 is 1.92 bits per heavy atom. The highest BCUT2D eigenvalue weighted by atomic mass is 16.3. The molecule has 68 valence electrons. The molecule has 1 N–H and O–H groups in total. The molecule has 2 fully saturated rings. The van der Waals surface area contributed by atoms with Gasteiger partial charge in [0, 0.05) is 12.3 Å². The van der Waals surface area contributed by atoms with Gasteiger partial charge in [-0.3, -0.25) is 4.79 Å². The molecule has 0 aromatic carbocycles. The van der Waals surface area contributed by atoms with Crippen LogP contribution in [0, 0.1) is 11.8 Å².